The molecule has 2 nitrogen and oxygen atoms in total. The first-order valence-corrected chi connectivity index (χ1v) is 5.80. The maximum Gasteiger partial charge on any atom is 0.133 e. The second-order valence-electron chi connectivity index (χ2n) is 5.67. The number of hydrogen-bond acceptors (Lipinski definition) is 2. The first-order valence-electron chi connectivity index (χ1n) is 5.80. The van der Waals surface area contributed by atoms with Crippen LogP contribution in [0.4, 0.5) is 0 Å². The molecule has 2 saturated carbocycles. The maximum absolute atomic E-state index is 11.5. The minimum atomic E-state index is 0.216. The molecule has 0 aromatic heterocycles. The van der Waals surface area contributed by atoms with Crippen molar-refractivity contribution < 1.29 is 9.53 Å². The molecule has 14 heavy (non-hydrogen) atoms. The van der Waals surface area contributed by atoms with Crippen LogP contribution in [0.25, 0.3) is 0 Å². The van der Waals surface area contributed by atoms with E-state index in [0.29, 0.717) is 11.7 Å². The van der Waals surface area contributed by atoms with Crippen LogP contribution in [0.2, 0.25) is 0 Å². The van der Waals surface area contributed by atoms with Gasteiger partial charge in [0.1, 0.15) is 5.78 Å². The molecule has 78 valence electrons. The molecule has 0 aromatic carbocycles. The lowest BCUT2D eigenvalue weighted by Gasteiger charge is -2.47. The monoisotopic (exact) mass is 194 g/mol. The van der Waals surface area contributed by atoms with E-state index < -0.39 is 0 Å². The van der Waals surface area contributed by atoms with E-state index in [-0.39, 0.29) is 11.0 Å². The lowest BCUT2D eigenvalue weighted by Crippen LogP contribution is -2.46. The van der Waals surface area contributed by atoms with Crippen molar-refractivity contribution in [2.75, 3.05) is 6.61 Å². The zero-order valence-electron chi connectivity index (χ0n) is 8.84. The van der Waals surface area contributed by atoms with Gasteiger partial charge in [0.2, 0.25) is 0 Å². The summed E-state index contributed by atoms with van der Waals surface area (Å²) in [4.78, 5) is 11.5. The van der Waals surface area contributed by atoms with Gasteiger partial charge >= 0.3 is 0 Å². The Morgan fingerprint density at radius 3 is 2.93 bits per heavy atom. The van der Waals surface area contributed by atoms with Crippen LogP contribution >= 0.6 is 0 Å². The number of hydrogen-bond donors (Lipinski definition) is 0. The molecule has 3 aliphatic rings. The van der Waals surface area contributed by atoms with Crippen molar-refractivity contribution in [3.8, 4) is 0 Å². The van der Waals surface area contributed by atoms with Gasteiger partial charge in [-0.15, -0.1) is 0 Å². The lowest BCUT2D eigenvalue weighted by atomic mass is 9.56. The van der Waals surface area contributed by atoms with Crippen molar-refractivity contribution in [3.05, 3.63) is 0 Å². The van der Waals surface area contributed by atoms with Crippen molar-refractivity contribution in [2.45, 2.75) is 51.0 Å². The summed E-state index contributed by atoms with van der Waals surface area (Å²) in [6, 6.07) is 0. The standard InChI is InChI=1S/C12H18O2/c1-11-5-2-6-12(8-14-12)10(11)4-3-9(13)7-11/h10H,2-8H2,1H3/t10-,11-,12+/m1/s1. The molecular formula is C12H18O2. The van der Waals surface area contributed by atoms with Crippen molar-refractivity contribution in [3.63, 3.8) is 0 Å². The number of carbonyl (C=O) groups is 1. The summed E-state index contributed by atoms with van der Waals surface area (Å²) in [5.74, 6) is 1.14. The van der Waals surface area contributed by atoms with Crippen molar-refractivity contribution >= 4 is 5.78 Å². The minimum absolute atomic E-state index is 0.216. The molecule has 1 heterocycles. The quantitative estimate of drug-likeness (QED) is 0.554. The van der Waals surface area contributed by atoms with E-state index in [4.69, 9.17) is 4.74 Å². The average Bonchev–Trinajstić information content (AvgIpc) is 2.84. The molecule has 3 atom stereocenters. The highest BCUT2D eigenvalue weighted by Crippen LogP contribution is 2.59. The second kappa shape index (κ2) is 2.60. The summed E-state index contributed by atoms with van der Waals surface area (Å²) in [6.07, 6.45) is 6.40. The summed E-state index contributed by atoms with van der Waals surface area (Å²) in [6.45, 7) is 3.26. The van der Waals surface area contributed by atoms with E-state index in [0.717, 1.165) is 25.9 Å². The van der Waals surface area contributed by atoms with Crippen LogP contribution in [0.15, 0.2) is 0 Å². The summed E-state index contributed by atoms with van der Waals surface area (Å²) in [5, 5.41) is 0. The Morgan fingerprint density at radius 2 is 2.21 bits per heavy atom. The van der Waals surface area contributed by atoms with Crippen LogP contribution < -0.4 is 0 Å². The molecule has 0 unspecified atom stereocenters. The van der Waals surface area contributed by atoms with Gasteiger partial charge in [-0.1, -0.05) is 6.92 Å². The molecule has 1 spiro atoms. The molecule has 0 bridgehead atoms. The average molecular weight is 194 g/mol. The van der Waals surface area contributed by atoms with Gasteiger partial charge < -0.3 is 4.74 Å². The van der Waals surface area contributed by atoms with E-state index in [2.05, 4.69) is 6.92 Å². The molecule has 1 saturated heterocycles. The Hall–Kier alpha value is -0.370. The number of ether oxygens (including phenoxy) is 1. The number of rotatable bonds is 0. The molecule has 0 radical (unpaired) electrons. The van der Waals surface area contributed by atoms with Gasteiger partial charge in [0.05, 0.1) is 12.2 Å². The summed E-state index contributed by atoms with van der Waals surface area (Å²) < 4.78 is 5.70. The summed E-state index contributed by atoms with van der Waals surface area (Å²) in [7, 11) is 0. The Morgan fingerprint density at radius 1 is 1.43 bits per heavy atom. The van der Waals surface area contributed by atoms with Crippen molar-refractivity contribution in [1.29, 1.82) is 0 Å². The fourth-order valence-corrected chi connectivity index (χ4v) is 3.88. The topological polar surface area (TPSA) is 29.6 Å². The van der Waals surface area contributed by atoms with Crippen molar-refractivity contribution in [2.24, 2.45) is 11.3 Å². The highest BCUT2D eigenvalue weighted by atomic mass is 16.6. The Kier molecular flexibility index (Phi) is 1.65. The van der Waals surface area contributed by atoms with Crippen molar-refractivity contribution in [1.82, 2.24) is 0 Å². The minimum Gasteiger partial charge on any atom is -0.369 e. The first kappa shape index (κ1) is 8.90. The Bertz CT molecular complexity index is 280. The van der Waals surface area contributed by atoms with Gasteiger partial charge in [0.25, 0.3) is 0 Å². The van der Waals surface area contributed by atoms with Crippen LogP contribution in [0, 0.1) is 11.3 Å². The summed E-state index contributed by atoms with van der Waals surface area (Å²) >= 11 is 0. The predicted molar refractivity (Wildman–Crippen MR) is 53.0 cm³/mol. The van der Waals surface area contributed by atoms with Crippen LogP contribution in [0.3, 0.4) is 0 Å². The number of epoxide rings is 1. The van der Waals surface area contributed by atoms with Gasteiger partial charge in [0, 0.05) is 12.8 Å². The van der Waals surface area contributed by atoms with Crippen LogP contribution in [-0.2, 0) is 9.53 Å². The highest BCUT2D eigenvalue weighted by molar-refractivity contribution is 5.80. The molecule has 1 aliphatic heterocycles. The number of carbonyl (C=O) groups excluding carboxylic acids is 1. The molecule has 2 aliphatic carbocycles. The van der Waals surface area contributed by atoms with E-state index in [9.17, 15) is 4.79 Å². The fraction of sp³-hybridized carbons (Fsp3) is 0.917. The normalized spacial score (nSPS) is 51.8. The fourth-order valence-electron chi connectivity index (χ4n) is 3.88. The third-order valence-electron chi connectivity index (χ3n) is 4.65. The van der Waals surface area contributed by atoms with Crippen LogP contribution in [-0.4, -0.2) is 18.0 Å². The smallest absolute Gasteiger partial charge is 0.133 e. The molecule has 3 rings (SSSR count). The first-order chi connectivity index (χ1) is 6.65. The van der Waals surface area contributed by atoms with Gasteiger partial charge in [-0.3, -0.25) is 4.79 Å². The maximum atomic E-state index is 11.5. The third kappa shape index (κ3) is 1.10. The second-order valence-corrected chi connectivity index (χ2v) is 5.67. The predicted octanol–water partition coefficient (Wildman–Crippen LogP) is 2.31. The molecule has 3 fully saturated rings. The van der Waals surface area contributed by atoms with E-state index >= 15 is 0 Å². The molecule has 0 amide bonds. The number of fused-ring (bicyclic) bond motifs is 2. The van der Waals surface area contributed by atoms with Gasteiger partial charge in [-0.25, -0.2) is 0 Å². The van der Waals surface area contributed by atoms with Crippen LogP contribution in [0.5, 0.6) is 0 Å². The molecule has 2 heteroatoms. The van der Waals surface area contributed by atoms with Gasteiger partial charge in [0.15, 0.2) is 0 Å². The highest BCUT2D eigenvalue weighted by Gasteiger charge is 2.60. The third-order valence-corrected chi connectivity index (χ3v) is 4.65. The van der Waals surface area contributed by atoms with Crippen LogP contribution in [0.1, 0.15) is 45.4 Å². The number of Topliss-reactive ketones (excluding diaryl/α,β-unsaturated/α-hetero) is 1. The Balaban J connectivity index is 1.90. The molecular weight excluding hydrogens is 176 g/mol. The van der Waals surface area contributed by atoms with Gasteiger partial charge in [-0.2, -0.15) is 0 Å². The zero-order valence-corrected chi connectivity index (χ0v) is 8.84. The van der Waals surface area contributed by atoms with E-state index in [1.807, 2.05) is 0 Å². The number of ketones is 1. The zero-order chi connectivity index (χ0) is 9.81. The molecule has 0 N–H and O–H groups in total. The largest absolute Gasteiger partial charge is 0.369 e. The van der Waals surface area contributed by atoms with E-state index in [1.54, 1.807) is 0 Å². The SMILES string of the molecule is C[C@]12CCC[C@]3(CO3)[C@@H]1CCC(=O)C2. The van der Waals surface area contributed by atoms with E-state index in [1.165, 1.54) is 19.3 Å². The van der Waals surface area contributed by atoms with Gasteiger partial charge in [-0.05, 0) is 37.0 Å². The Labute approximate surface area is 85.0 Å². The summed E-state index contributed by atoms with van der Waals surface area (Å²) in [5.41, 5.74) is 0.484. The molecule has 0 aromatic rings. The lowest BCUT2D eigenvalue weighted by molar-refractivity contribution is -0.128.